The molecule has 2 aliphatic heterocycles. The van der Waals surface area contributed by atoms with Crippen molar-refractivity contribution in [2.24, 2.45) is 4.99 Å². The van der Waals surface area contributed by atoms with Gasteiger partial charge >= 0.3 is 0 Å². The number of rotatable bonds is 3. The average molecular weight is 353 g/mol. The fraction of sp³-hybridized carbons (Fsp3) is 0.950. The van der Waals surface area contributed by atoms with E-state index >= 15 is 0 Å². The summed E-state index contributed by atoms with van der Waals surface area (Å²) >= 11 is 0. The van der Waals surface area contributed by atoms with Crippen LogP contribution >= 0.6 is 0 Å². The van der Waals surface area contributed by atoms with Gasteiger partial charge in [0.15, 0.2) is 0 Å². The van der Waals surface area contributed by atoms with Crippen LogP contribution in [-0.4, -0.2) is 51.8 Å². The smallest absolute Gasteiger partial charge is 0.123 e. The highest BCUT2D eigenvalue weighted by Crippen LogP contribution is 2.31. The van der Waals surface area contributed by atoms with Gasteiger partial charge in [0, 0.05) is 28.2 Å². The lowest BCUT2D eigenvalue weighted by Crippen LogP contribution is -2.62. The van der Waals surface area contributed by atoms with Gasteiger partial charge in [0.05, 0.1) is 6.04 Å². The summed E-state index contributed by atoms with van der Waals surface area (Å²) in [5.41, 5.74) is 0.294. The zero-order valence-corrected chi connectivity index (χ0v) is 17.6. The molecule has 146 valence electrons. The number of piperidine rings is 2. The number of hydrogen-bond donors (Lipinski definition) is 4. The third-order valence-electron chi connectivity index (χ3n) is 5.22. The maximum absolute atomic E-state index is 9.88. The van der Waals surface area contributed by atoms with Crippen LogP contribution in [0.4, 0.5) is 0 Å². The van der Waals surface area contributed by atoms with Gasteiger partial charge in [-0.15, -0.1) is 0 Å². The summed E-state index contributed by atoms with van der Waals surface area (Å²) in [5.74, 6) is 0.747. The molecule has 0 aliphatic carbocycles. The number of nitrogens with one attached hydrogen (secondary N) is 3. The van der Waals surface area contributed by atoms with Crippen molar-refractivity contribution in [3.63, 3.8) is 0 Å². The molecule has 0 unspecified atom stereocenters. The van der Waals surface area contributed by atoms with Gasteiger partial charge in [-0.1, -0.05) is 0 Å². The molecule has 0 bridgehead atoms. The summed E-state index contributed by atoms with van der Waals surface area (Å²) in [7, 11) is 0. The monoisotopic (exact) mass is 352 g/mol. The lowest BCUT2D eigenvalue weighted by Gasteiger charge is -2.47. The summed E-state index contributed by atoms with van der Waals surface area (Å²) in [6.07, 6.45) is 4.03. The molecule has 2 heterocycles. The molecule has 0 amide bonds. The van der Waals surface area contributed by atoms with E-state index in [4.69, 9.17) is 4.99 Å². The average Bonchev–Trinajstić information content (AvgIpc) is 2.29. The van der Waals surface area contributed by atoms with Gasteiger partial charge in [-0.3, -0.25) is 4.99 Å². The van der Waals surface area contributed by atoms with Crippen LogP contribution in [0.15, 0.2) is 4.99 Å². The lowest BCUT2D eigenvalue weighted by atomic mass is 9.79. The van der Waals surface area contributed by atoms with E-state index in [-0.39, 0.29) is 34.8 Å². The first-order valence-corrected chi connectivity index (χ1v) is 9.74. The lowest BCUT2D eigenvalue weighted by molar-refractivity contribution is 0.153. The van der Waals surface area contributed by atoms with Crippen LogP contribution in [-0.2, 0) is 0 Å². The normalized spacial score (nSPS) is 29.4. The molecule has 0 aromatic rings. The van der Waals surface area contributed by atoms with E-state index in [0.717, 1.165) is 31.5 Å². The molecule has 2 fully saturated rings. The van der Waals surface area contributed by atoms with E-state index in [2.05, 4.69) is 71.3 Å². The van der Waals surface area contributed by atoms with Crippen LogP contribution in [0.3, 0.4) is 0 Å². The van der Waals surface area contributed by atoms with Crippen LogP contribution in [0.2, 0.25) is 0 Å². The Bertz CT molecular complexity index is 476. The van der Waals surface area contributed by atoms with Gasteiger partial charge in [0.1, 0.15) is 12.4 Å². The predicted octanol–water partition coefficient (Wildman–Crippen LogP) is 2.59. The molecule has 5 heteroatoms. The number of amidine groups is 1. The number of aliphatic hydroxyl groups excluding tert-OH is 1. The fourth-order valence-corrected chi connectivity index (χ4v) is 5.36. The van der Waals surface area contributed by atoms with Gasteiger partial charge in [-0.2, -0.15) is 0 Å². The van der Waals surface area contributed by atoms with Crippen molar-refractivity contribution >= 4 is 5.84 Å². The van der Waals surface area contributed by atoms with E-state index in [9.17, 15) is 5.11 Å². The van der Waals surface area contributed by atoms with Crippen molar-refractivity contribution in [2.75, 3.05) is 6.61 Å². The first-order chi connectivity index (χ1) is 11.2. The Morgan fingerprint density at radius 2 is 1.24 bits per heavy atom. The SMILES string of the molecule is CC1(C)CC(N=C(CO)NC2CC(C)(C)NC(C)(C)C2)CC(C)(C)N1. The van der Waals surface area contributed by atoms with Crippen molar-refractivity contribution in [1.29, 1.82) is 0 Å². The van der Waals surface area contributed by atoms with E-state index in [0.29, 0.717) is 6.04 Å². The van der Waals surface area contributed by atoms with Gasteiger partial charge in [-0.05, 0) is 81.1 Å². The molecule has 0 aromatic carbocycles. The second-order valence-corrected chi connectivity index (χ2v) is 10.8. The largest absolute Gasteiger partial charge is 0.388 e. The number of aliphatic hydroxyl groups is 1. The summed E-state index contributed by atoms with van der Waals surface area (Å²) in [6, 6.07) is 0.573. The second-order valence-electron chi connectivity index (χ2n) is 10.8. The maximum atomic E-state index is 9.88. The molecule has 2 saturated heterocycles. The Labute approximate surface area is 154 Å². The minimum Gasteiger partial charge on any atom is -0.388 e. The van der Waals surface area contributed by atoms with Crippen LogP contribution in [0, 0.1) is 0 Å². The highest BCUT2D eigenvalue weighted by molar-refractivity contribution is 5.83. The van der Waals surface area contributed by atoms with E-state index in [1.54, 1.807) is 0 Å². The van der Waals surface area contributed by atoms with Gasteiger partial charge in [-0.25, -0.2) is 0 Å². The Kier molecular flexibility index (Phi) is 5.64. The maximum Gasteiger partial charge on any atom is 0.123 e. The molecule has 4 N–H and O–H groups in total. The third-order valence-corrected chi connectivity index (χ3v) is 5.22. The predicted molar refractivity (Wildman–Crippen MR) is 106 cm³/mol. The Hall–Kier alpha value is -0.650. The van der Waals surface area contributed by atoms with Gasteiger partial charge < -0.3 is 21.1 Å². The summed E-state index contributed by atoms with van der Waals surface area (Å²) < 4.78 is 0. The highest BCUT2D eigenvalue weighted by Gasteiger charge is 2.39. The van der Waals surface area contributed by atoms with Crippen molar-refractivity contribution in [3.8, 4) is 0 Å². The first-order valence-electron chi connectivity index (χ1n) is 9.74. The zero-order chi connectivity index (χ0) is 19.1. The highest BCUT2D eigenvalue weighted by atomic mass is 16.3. The van der Waals surface area contributed by atoms with E-state index in [1.165, 1.54) is 0 Å². The van der Waals surface area contributed by atoms with Crippen LogP contribution in [0.1, 0.15) is 81.1 Å². The van der Waals surface area contributed by atoms with Crippen LogP contribution in [0.25, 0.3) is 0 Å². The summed E-state index contributed by atoms with van der Waals surface area (Å²) in [5, 5.41) is 20.8. The molecule has 2 aliphatic rings. The Morgan fingerprint density at radius 3 is 1.64 bits per heavy atom. The van der Waals surface area contributed by atoms with E-state index in [1.807, 2.05) is 0 Å². The number of aliphatic imine (C=N–C) groups is 1. The molecule has 0 spiro atoms. The van der Waals surface area contributed by atoms with Gasteiger partial charge in [0.2, 0.25) is 0 Å². The third kappa shape index (κ3) is 6.22. The van der Waals surface area contributed by atoms with Crippen molar-refractivity contribution in [2.45, 2.75) is 115 Å². The molecule has 0 aromatic heterocycles. The van der Waals surface area contributed by atoms with Crippen LogP contribution in [0.5, 0.6) is 0 Å². The van der Waals surface area contributed by atoms with Crippen molar-refractivity contribution < 1.29 is 5.11 Å². The van der Waals surface area contributed by atoms with Crippen molar-refractivity contribution in [3.05, 3.63) is 0 Å². The fourth-order valence-electron chi connectivity index (χ4n) is 5.36. The van der Waals surface area contributed by atoms with E-state index < -0.39 is 0 Å². The standard InChI is InChI=1S/C20H40N4O/c1-17(2)9-14(10-18(3,4)23-17)21-16(13-25)22-15-11-19(5,6)24-20(7,8)12-15/h14-15,23-25H,9-13H2,1-8H3,(H,21,22). The second kappa shape index (κ2) is 6.82. The molecule has 2 rings (SSSR count). The van der Waals surface area contributed by atoms with Crippen molar-refractivity contribution in [1.82, 2.24) is 16.0 Å². The zero-order valence-electron chi connectivity index (χ0n) is 17.6. The molecule has 0 saturated carbocycles. The molecule has 0 radical (unpaired) electrons. The Balaban J connectivity index is 2.10. The molecule has 25 heavy (non-hydrogen) atoms. The number of hydrogen-bond acceptors (Lipinski definition) is 4. The topological polar surface area (TPSA) is 68.7 Å². The summed E-state index contributed by atoms with van der Waals surface area (Å²) in [6.45, 7) is 17.9. The Morgan fingerprint density at radius 1 is 0.840 bits per heavy atom. The molecule has 5 nitrogen and oxygen atoms in total. The molecular weight excluding hydrogens is 312 g/mol. The molecular formula is C20H40N4O. The minimum absolute atomic E-state index is 0.0183. The first kappa shape index (κ1) is 20.7. The number of nitrogens with zero attached hydrogens (tertiary/aromatic N) is 1. The quantitative estimate of drug-likeness (QED) is 0.465. The van der Waals surface area contributed by atoms with Gasteiger partial charge in [0.25, 0.3) is 0 Å². The molecule has 0 atom stereocenters. The minimum atomic E-state index is -0.0183. The summed E-state index contributed by atoms with van der Waals surface area (Å²) in [4.78, 5) is 4.93. The van der Waals surface area contributed by atoms with Crippen LogP contribution < -0.4 is 16.0 Å².